The summed E-state index contributed by atoms with van der Waals surface area (Å²) in [6, 6.07) is 21.6. The lowest BCUT2D eigenvalue weighted by Gasteiger charge is -2.32. The van der Waals surface area contributed by atoms with Gasteiger partial charge in [0.1, 0.15) is 34.9 Å². The summed E-state index contributed by atoms with van der Waals surface area (Å²) >= 11 is 7.51. The molecule has 304 valence electrons. The summed E-state index contributed by atoms with van der Waals surface area (Å²) in [5, 5.41) is 28.5. The largest absolute Gasteiger partial charge is 0.508 e. The lowest BCUT2D eigenvalue weighted by atomic mass is 9.90. The first kappa shape index (κ1) is 38.5. The van der Waals surface area contributed by atoms with Crippen molar-refractivity contribution in [3.63, 3.8) is 0 Å². The molecule has 15 nitrogen and oxygen atoms in total. The number of carboxylic acid groups (broad SMARTS) is 1. The zero-order valence-electron chi connectivity index (χ0n) is 32.2. The van der Waals surface area contributed by atoms with Gasteiger partial charge in [0.25, 0.3) is 0 Å². The van der Waals surface area contributed by atoms with Crippen LogP contribution in [0, 0.1) is 0 Å². The number of hydrogen-bond donors (Lipinski definition) is 5. The van der Waals surface area contributed by atoms with Crippen LogP contribution in [0.5, 0.6) is 17.2 Å². The number of aromatic carboxylic acids is 1. The van der Waals surface area contributed by atoms with Crippen molar-refractivity contribution in [2.24, 2.45) is 0 Å². The van der Waals surface area contributed by atoms with Crippen molar-refractivity contribution in [1.82, 2.24) is 14.9 Å². The number of nitrogen functional groups attached to an aromatic ring is 1. The Morgan fingerprint density at radius 3 is 2.63 bits per heavy atom. The number of rotatable bonds is 11. The molecular formula is C43H37N7O8S2. The van der Waals surface area contributed by atoms with Gasteiger partial charge in [-0.25, -0.2) is 14.8 Å². The molecule has 0 bridgehead atoms. The molecule has 5 heterocycles. The minimum absolute atomic E-state index is 0.00652. The van der Waals surface area contributed by atoms with Gasteiger partial charge in [0.15, 0.2) is 39.2 Å². The van der Waals surface area contributed by atoms with E-state index in [2.05, 4.69) is 25.5 Å². The van der Waals surface area contributed by atoms with Gasteiger partial charge < -0.3 is 54.7 Å². The van der Waals surface area contributed by atoms with Crippen LogP contribution in [0.25, 0.3) is 44.7 Å². The molecule has 0 radical (unpaired) electrons. The van der Waals surface area contributed by atoms with Crippen molar-refractivity contribution in [3.05, 3.63) is 107 Å². The smallest absolute Gasteiger partial charge is 0.336 e. The second-order valence-electron chi connectivity index (χ2n) is 14.4. The van der Waals surface area contributed by atoms with Crippen LogP contribution in [0.15, 0.2) is 110 Å². The molecule has 1 atom stereocenters. The van der Waals surface area contributed by atoms with E-state index in [1.807, 2.05) is 43.0 Å². The molecule has 0 spiro atoms. The predicted molar refractivity (Wildman–Crippen MR) is 233 cm³/mol. The zero-order valence-corrected chi connectivity index (χ0v) is 33.8. The van der Waals surface area contributed by atoms with Gasteiger partial charge in [-0.05, 0) is 98.7 Å². The van der Waals surface area contributed by atoms with Crippen molar-refractivity contribution < 1.29 is 33.3 Å². The Kier molecular flexibility index (Phi) is 10.1. The van der Waals surface area contributed by atoms with Crippen LogP contribution < -0.4 is 36.2 Å². The molecule has 3 aromatic carbocycles. The number of aromatic hydroxyl groups is 1. The first-order valence-electron chi connectivity index (χ1n) is 18.9. The molecule has 0 fully saturated rings. The number of carboxylic acids is 1. The van der Waals surface area contributed by atoms with Gasteiger partial charge in [0.05, 0.1) is 11.8 Å². The van der Waals surface area contributed by atoms with E-state index in [0.717, 1.165) is 10.5 Å². The number of fused-ring (bicyclic) bond motifs is 4. The quantitative estimate of drug-likeness (QED) is 0.0616. The van der Waals surface area contributed by atoms with Gasteiger partial charge in [-0.3, -0.25) is 4.79 Å². The van der Waals surface area contributed by atoms with Crippen molar-refractivity contribution in [2.45, 2.75) is 36.7 Å². The van der Waals surface area contributed by atoms with Gasteiger partial charge in [-0.1, -0.05) is 17.8 Å². The molecule has 1 aliphatic carbocycles. The van der Waals surface area contributed by atoms with Crippen molar-refractivity contribution in [2.75, 3.05) is 41.1 Å². The number of furan rings is 1. The molecule has 0 saturated carbocycles. The van der Waals surface area contributed by atoms with Gasteiger partial charge in [-0.2, -0.15) is 0 Å². The molecule has 1 unspecified atom stereocenters. The first-order chi connectivity index (χ1) is 29.0. The number of nitrogens with one attached hydrogen (secondary N) is 2. The molecule has 3 aliphatic heterocycles. The lowest BCUT2D eigenvalue weighted by Crippen LogP contribution is -2.42. The fraction of sp³-hybridized carbons (Fsp3) is 0.186. The highest BCUT2D eigenvalue weighted by Crippen LogP contribution is 2.48. The number of thiocarbonyl (C=S) groups is 1. The summed E-state index contributed by atoms with van der Waals surface area (Å²) in [4.78, 5) is 39.0. The first-order valence-corrected chi connectivity index (χ1v) is 20.2. The van der Waals surface area contributed by atoms with Crippen LogP contribution in [0.3, 0.4) is 0 Å². The monoisotopic (exact) mass is 843 g/mol. The Morgan fingerprint density at radius 1 is 1.03 bits per heavy atom. The average Bonchev–Trinajstić information content (AvgIpc) is 3.99. The third-order valence-corrected chi connectivity index (χ3v) is 11.8. The van der Waals surface area contributed by atoms with E-state index in [-0.39, 0.29) is 40.8 Å². The van der Waals surface area contributed by atoms with Gasteiger partial charge in [0, 0.05) is 63.9 Å². The normalized spacial score (nSPS) is 14.1. The Hall–Kier alpha value is -6.98. The second kappa shape index (κ2) is 15.6. The maximum Gasteiger partial charge on any atom is 0.336 e. The summed E-state index contributed by atoms with van der Waals surface area (Å²) < 4.78 is 23.2. The Balaban J connectivity index is 0.955. The summed E-state index contributed by atoms with van der Waals surface area (Å²) in [5.74, 6) is 2.07. The maximum atomic E-state index is 12.9. The van der Waals surface area contributed by atoms with E-state index in [0.29, 0.717) is 92.6 Å². The number of anilines is 4. The van der Waals surface area contributed by atoms with Crippen molar-refractivity contribution in [1.29, 1.82) is 0 Å². The Labute approximate surface area is 352 Å². The summed E-state index contributed by atoms with van der Waals surface area (Å²) in [5.41, 5.74) is 9.55. The topological polar surface area (TPSA) is 202 Å². The zero-order chi connectivity index (χ0) is 41.7. The fourth-order valence-electron chi connectivity index (χ4n) is 7.51. The standard InChI is InChI=1S/C43H37N7O8S2/c1-22(2)49(42(59)47-23-6-9-26(29(15-23)41(53)54)37-27-10-7-24(51)16-32(27)58-33-17-25(52)8-11-28(33)37)12-4-13-50-40-38(39(44)45-20-46-40)48-43(50)60-36-19-35-34(56-21-57-35)18-30(36)31-5-3-14-55-31/h3,5-11,14-20,22,43,48,51H,4,12-13,21H2,1-2H3,(H,47,59)(H,53,54)(H2,44,45,46). The van der Waals surface area contributed by atoms with E-state index < -0.39 is 5.97 Å². The minimum atomic E-state index is -1.16. The number of thioether (sulfide) groups is 1. The Morgan fingerprint density at radius 2 is 1.85 bits per heavy atom. The van der Waals surface area contributed by atoms with Crippen molar-refractivity contribution >= 4 is 69.0 Å². The van der Waals surface area contributed by atoms with Crippen molar-refractivity contribution in [3.8, 4) is 51.0 Å². The summed E-state index contributed by atoms with van der Waals surface area (Å²) in [6.45, 7) is 5.33. The summed E-state index contributed by atoms with van der Waals surface area (Å²) in [7, 11) is 0. The average molecular weight is 844 g/mol. The number of phenolic OH excluding ortho intramolecular Hbond substituents is 1. The number of ether oxygens (including phenoxy) is 2. The van der Waals surface area contributed by atoms with Crippen LogP contribution in [-0.4, -0.2) is 67.6 Å². The van der Waals surface area contributed by atoms with Crippen LogP contribution >= 0.6 is 24.0 Å². The van der Waals surface area contributed by atoms with Crippen LogP contribution in [0.2, 0.25) is 0 Å². The molecule has 0 amide bonds. The van der Waals surface area contributed by atoms with E-state index in [9.17, 15) is 19.8 Å². The van der Waals surface area contributed by atoms with Crippen LogP contribution in [0.1, 0.15) is 30.6 Å². The number of nitrogens with zero attached hydrogens (tertiary/aromatic N) is 4. The number of hydrogen-bond acceptors (Lipinski definition) is 14. The highest BCUT2D eigenvalue weighted by molar-refractivity contribution is 8.00. The van der Waals surface area contributed by atoms with Crippen LogP contribution in [0.4, 0.5) is 23.0 Å². The molecule has 17 heteroatoms. The maximum absolute atomic E-state index is 12.9. The summed E-state index contributed by atoms with van der Waals surface area (Å²) in [6.07, 6.45) is 3.74. The third kappa shape index (κ3) is 7.21. The van der Waals surface area contributed by atoms with Gasteiger partial charge in [-0.15, -0.1) is 0 Å². The van der Waals surface area contributed by atoms with Crippen LogP contribution in [-0.2, 0) is 0 Å². The second-order valence-corrected chi connectivity index (χ2v) is 15.9. The van der Waals surface area contributed by atoms with E-state index in [4.69, 9.17) is 36.3 Å². The predicted octanol–water partition coefficient (Wildman–Crippen LogP) is 8.13. The Bertz CT molecular complexity index is 2830. The molecule has 60 heavy (non-hydrogen) atoms. The lowest BCUT2D eigenvalue weighted by molar-refractivity contribution is 0.0697. The SMILES string of the molecule is CC(C)N(CCCN1c2ncnc(N)c2NC1Sc1cc2c(cc1-c1ccco1)OCO2)C(=S)Nc1ccc(-c2c3ccc(=O)cc-3oc3cc(O)ccc23)c(C(=O)O)c1. The molecular weight excluding hydrogens is 807 g/mol. The number of carbonyl (C=O) groups is 1. The van der Waals surface area contributed by atoms with E-state index in [1.54, 1.807) is 48.4 Å². The molecule has 5 aromatic rings. The fourth-order valence-corrected chi connectivity index (χ4v) is 9.14. The van der Waals surface area contributed by atoms with E-state index in [1.165, 1.54) is 30.6 Å². The van der Waals surface area contributed by atoms with E-state index >= 15 is 0 Å². The molecule has 4 aliphatic rings. The minimum Gasteiger partial charge on any atom is -0.508 e. The number of nitrogens with two attached hydrogens (primary N) is 1. The highest BCUT2D eigenvalue weighted by atomic mass is 32.2. The van der Waals surface area contributed by atoms with Gasteiger partial charge in [0.2, 0.25) is 6.79 Å². The number of phenols is 1. The molecule has 2 aromatic heterocycles. The number of aromatic nitrogens is 2. The van der Waals surface area contributed by atoms with Gasteiger partial charge >= 0.3 is 5.97 Å². The molecule has 6 N–H and O–H groups in total. The number of benzene rings is 4. The highest BCUT2D eigenvalue weighted by Gasteiger charge is 2.34. The molecule has 9 rings (SSSR count). The third-order valence-electron chi connectivity index (χ3n) is 10.3. The molecule has 0 saturated heterocycles.